The molecule has 12 nitrogen and oxygen atoms in total. The summed E-state index contributed by atoms with van der Waals surface area (Å²) in [5, 5.41) is 13.9. The number of urea groups is 1. The second-order valence-corrected chi connectivity index (χ2v) is 15.5. The zero-order valence-electron chi connectivity index (χ0n) is 33.3. The molecule has 0 atom stereocenters. The molecule has 13 heteroatoms. The highest BCUT2D eigenvalue weighted by atomic mass is 32.2. The molecule has 1 aliphatic heterocycles. The van der Waals surface area contributed by atoms with Crippen LogP contribution in [0.25, 0.3) is 10.8 Å². The number of rotatable bonds is 13. The number of methoxy groups -OCH3 is 1. The Kier molecular flexibility index (Phi) is 13.1. The molecule has 0 unspecified atom stereocenters. The molecule has 0 saturated carbocycles. The SMILES string of the molecule is C#Cc1cc(Nc2cc(Oc3ccc(NC(=O)Nc4cc(C(C)(C)C)cc(NSC)c4OC)c4ccccc34)ccn2)cc(C(=O)NCCN2CCN(C)CC2)c1. The molecule has 1 fully saturated rings. The summed E-state index contributed by atoms with van der Waals surface area (Å²) in [6.45, 7) is 11.7. The predicted molar refractivity (Wildman–Crippen MR) is 234 cm³/mol. The lowest BCUT2D eigenvalue weighted by Gasteiger charge is -2.32. The summed E-state index contributed by atoms with van der Waals surface area (Å²) < 4.78 is 15.4. The van der Waals surface area contributed by atoms with Crippen molar-refractivity contribution >= 4 is 63.2 Å². The number of pyridine rings is 1. The molecule has 296 valence electrons. The first-order valence-electron chi connectivity index (χ1n) is 18.8. The van der Waals surface area contributed by atoms with Gasteiger partial charge in [0.25, 0.3) is 5.91 Å². The zero-order valence-corrected chi connectivity index (χ0v) is 34.1. The van der Waals surface area contributed by atoms with E-state index >= 15 is 0 Å². The number of hydrogen-bond donors (Lipinski definition) is 5. The monoisotopic (exact) mass is 786 g/mol. The molecule has 0 spiro atoms. The Morgan fingerprint density at radius 3 is 2.37 bits per heavy atom. The van der Waals surface area contributed by atoms with Crippen LogP contribution in [0.15, 0.2) is 85.1 Å². The van der Waals surface area contributed by atoms with Crippen LogP contribution < -0.4 is 35.5 Å². The number of nitrogens with one attached hydrogen (secondary N) is 5. The van der Waals surface area contributed by atoms with Gasteiger partial charge in [-0.3, -0.25) is 9.69 Å². The van der Waals surface area contributed by atoms with Gasteiger partial charge in [0, 0.05) is 85.4 Å². The minimum Gasteiger partial charge on any atom is -0.492 e. The second kappa shape index (κ2) is 18.3. The number of anilines is 5. The van der Waals surface area contributed by atoms with Crippen LogP contribution in [0.5, 0.6) is 17.2 Å². The molecule has 0 radical (unpaired) electrons. The Labute approximate surface area is 339 Å². The van der Waals surface area contributed by atoms with E-state index in [1.807, 2.05) is 54.8 Å². The number of benzene rings is 4. The van der Waals surface area contributed by atoms with Crippen molar-refractivity contribution in [3.63, 3.8) is 0 Å². The summed E-state index contributed by atoms with van der Waals surface area (Å²) in [6.07, 6.45) is 9.35. The highest BCUT2D eigenvalue weighted by Gasteiger charge is 2.22. The van der Waals surface area contributed by atoms with Gasteiger partial charge in [0.1, 0.15) is 17.3 Å². The van der Waals surface area contributed by atoms with Crippen LogP contribution in [0.1, 0.15) is 42.3 Å². The second-order valence-electron chi connectivity index (χ2n) is 14.8. The molecule has 4 aromatic carbocycles. The zero-order chi connectivity index (χ0) is 40.5. The van der Waals surface area contributed by atoms with Gasteiger partial charge < -0.3 is 40.4 Å². The fraction of sp³-hybridized carbons (Fsp3) is 0.295. The molecule has 5 N–H and O–H groups in total. The smallest absolute Gasteiger partial charge is 0.323 e. The van der Waals surface area contributed by atoms with Crippen LogP contribution >= 0.6 is 11.9 Å². The van der Waals surface area contributed by atoms with Crippen molar-refractivity contribution in [2.24, 2.45) is 0 Å². The number of terminal acetylenes is 1. The van der Waals surface area contributed by atoms with E-state index in [4.69, 9.17) is 15.9 Å². The quantitative estimate of drug-likeness (QED) is 0.0586. The maximum Gasteiger partial charge on any atom is 0.323 e. The number of carbonyl (C=O) groups excluding carboxylic acids is 2. The number of ether oxygens (including phenoxy) is 2. The Bertz CT molecular complexity index is 2280. The van der Waals surface area contributed by atoms with Gasteiger partial charge in [0.05, 0.1) is 24.2 Å². The van der Waals surface area contributed by atoms with Crippen LogP contribution in [0.4, 0.5) is 33.4 Å². The number of likely N-dealkylation sites (N-methyl/N-ethyl adjacent to an activating group) is 1. The average Bonchev–Trinajstić information content (AvgIpc) is 3.19. The van der Waals surface area contributed by atoms with E-state index in [9.17, 15) is 9.59 Å². The summed E-state index contributed by atoms with van der Waals surface area (Å²) in [5.74, 6) is 4.62. The number of amides is 3. The Morgan fingerprint density at radius 2 is 1.65 bits per heavy atom. The van der Waals surface area contributed by atoms with Crippen LogP contribution in [0.2, 0.25) is 0 Å². The lowest BCUT2D eigenvalue weighted by molar-refractivity contribution is 0.0941. The molecule has 1 aliphatic rings. The highest BCUT2D eigenvalue weighted by molar-refractivity contribution is 7.99. The van der Waals surface area contributed by atoms with Crippen molar-refractivity contribution in [1.82, 2.24) is 20.1 Å². The lowest BCUT2D eigenvalue weighted by Crippen LogP contribution is -2.46. The number of hydrogen-bond acceptors (Lipinski definition) is 10. The van der Waals surface area contributed by atoms with Crippen LogP contribution in [0, 0.1) is 12.3 Å². The molecule has 6 rings (SSSR count). The minimum atomic E-state index is -0.418. The molecular formula is C44H50N8O4S. The van der Waals surface area contributed by atoms with Crippen molar-refractivity contribution in [2.45, 2.75) is 26.2 Å². The van der Waals surface area contributed by atoms with Crippen molar-refractivity contribution in [2.75, 3.05) is 80.4 Å². The molecule has 1 saturated heterocycles. The number of piperazine rings is 1. The van der Waals surface area contributed by atoms with Crippen molar-refractivity contribution in [3.05, 3.63) is 102 Å². The van der Waals surface area contributed by atoms with E-state index in [0.717, 1.165) is 54.7 Å². The first-order chi connectivity index (χ1) is 27.4. The normalized spacial score (nSPS) is 13.4. The molecule has 1 aromatic heterocycles. The highest BCUT2D eigenvalue weighted by Crippen LogP contribution is 2.40. The number of carbonyl (C=O) groups is 2. The van der Waals surface area contributed by atoms with Crippen LogP contribution in [-0.4, -0.2) is 86.4 Å². The fourth-order valence-electron chi connectivity index (χ4n) is 6.54. The Balaban J connectivity index is 1.15. The molecule has 5 aromatic rings. The molecule has 3 amide bonds. The average molecular weight is 787 g/mol. The van der Waals surface area contributed by atoms with Gasteiger partial charge in [-0.05, 0) is 66.6 Å². The lowest BCUT2D eigenvalue weighted by atomic mass is 9.86. The molecule has 2 heterocycles. The summed E-state index contributed by atoms with van der Waals surface area (Å²) >= 11 is 1.45. The fourth-order valence-corrected chi connectivity index (χ4v) is 6.91. The Morgan fingerprint density at radius 1 is 0.912 bits per heavy atom. The van der Waals surface area contributed by atoms with Gasteiger partial charge in [-0.15, -0.1) is 6.42 Å². The number of aromatic nitrogens is 1. The van der Waals surface area contributed by atoms with E-state index in [-0.39, 0.29) is 11.3 Å². The van der Waals surface area contributed by atoms with Crippen LogP contribution in [0.3, 0.4) is 0 Å². The third-order valence-corrected chi connectivity index (χ3v) is 10.1. The number of nitrogens with zero attached hydrogens (tertiary/aromatic N) is 3. The predicted octanol–water partition coefficient (Wildman–Crippen LogP) is 8.37. The standard InChI is InChI=1S/C44H50N8O4S/c1-8-29-23-30(42(53)46-17-18-52-21-19-51(5)20-22-52)25-32(24-29)47-40-28-33(15-16-45-40)56-39-14-13-36(34-11-9-10-12-35(34)39)48-43(54)49-37-26-31(44(2,3)4)27-38(50-57-7)41(37)55-6/h1,9-16,23-28,50H,17-22H2,2-7H3,(H,45,47)(H,46,53)(H2,48,49,54). The van der Waals surface area contributed by atoms with E-state index in [1.54, 1.807) is 43.6 Å². The molecular weight excluding hydrogens is 737 g/mol. The first-order valence-corrected chi connectivity index (χ1v) is 20.0. The first kappa shape index (κ1) is 40.7. The van der Waals surface area contributed by atoms with Gasteiger partial charge in [0.15, 0.2) is 5.75 Å². The van der Waals surface area contributed by atoms with E-state index in [0.29, 0.717) is 57.8 Å². The van der Waals surface area contributed by atoms with Crippen molar-refractivity contribution < 1.29 is 19.1 Å². The topological polar surface area (TPSA) is 132 Å². The largest absolute Gasteiger partial charge is 0.492 e. The van der Waals surface area contributed by atoms with Gasteiger partial charge in [-0.1, -0.05) is 62.9 Å². The van der Waals surface area contributed by atoms with E-state index in [1.165, 1.54) is 11.9 Å². The van der Waals surface area contributed by atoms with Gasteiger partial charge >= 0.3 is 6.03 Å². The molecule has 57 heavy (non-hydrogen) atoms. The van der Waals surface area contributed by atoms with Crippen molar-refractivity contribution in [3.8, 4) is 29.6 Å². The van der Waals surface area contributed by atoms with Gasteiger partial charge in [0.2, 0.25) is 0 Å². The van der Waals surface area contributed by atoms with Crippen molar-refractivity contribution in [1.29, 1.82) is 0 Å². The molecule has 0 bridgehead atoms. The maximum absolute atomic E-state index is 13.5. The number of fused-ring (bicyclic) bond motifs is 1. The van der Waals surface area contributed by atoms with Crippen LogP contribution in [-0.2, 0) is 5.41 Å². The minimum absolute atomic E-state index is 0.162. The summed E-state index contributed by atoms with van der Waals surface area (Å²) in [7, 11) is 3.71. The summed E-state index contributed by atoms with van der Waals surface area (Å²) in [6, 6.07) is 23.7. The summed E-state index contributed by atoms with van der Waals surface area (Å²) in [5.41, 5.74) is 4.46. The molecule has 0 aliphatic carbocycles. The Hall–Kier alpha value is -5.94. The maximum atomic E-state index is 13.5. The van der Waals surface area contributed by atoms with E-state index in [2.05, 4.69) is 74.5 Å². The summed E-state index contributed by atoms with van der Waals surface area (Å²) in [4.78, 5) is 35.8. The van der Waals surface area contributed by atoms with Gasteiger partial charge in [-0.25, -0.2) is 9.78 Å². The van der Waals surface area contributed by atoms with Gasteiger partial charge in [-0.2, -0.15) is 0 Å². The third kappa shape index (κ3) is 10.5. The third-order valence-electron chi connectivity index (χ3n) is 9.65. The van der Waals surface area contributed by atoms with E-state index < -0.39 is 6.03 Å².